The molecular formula is C20H27FN2O3. The van der Waals surface area contributed by atoms with Gasteiger partial charge < -0.3 is 14.8 Å². The highest BCUT2D eigenvalue weighted by atomic mass is 19.1. The monoisotopic (exact) mass is 362 g/mol. The van der Waals surface area contributed by atoms with E-state index in [0.29, 0.717) is 42.9 Å². The van der Waals surface area contributed by atoms with E-state index in [0.717, 1.165) is 19.6 Å². The van der Waals surface area contributed by atoms with E-state index in [1.165, 1.54) is 12.1 Å². The zero-order chi connectivity index (χ0) is 18.7. The maximum atomic E-state index is 13.4. The van der Waals surface area contributed by atoms with Gasteiger partial charge in [0.15, 0.2) is 0 Å². The molecule has 0 radical (unpaired) electrons. The maximum Gasteiger partial charge on any atom is 0.309 e. The molecule has 1 N–H and O–H groups in total. The van der Waals surface area contributed by atoms with Crippen LogP contribution < -0.4 is 0 Å². The summed E-state index contributed by atoms with van der Waals surface area (Å²) >= 11 is 0. The van der Waals surface area contributed by atoms with Crippen LogP contribution in [0.3, 0.4) is 0 Å². The second kappa shape index (κ2) is 7.74. The number of piperidine rings is 1. The Hall–Kier alpha value is -1.95. The van der Waals surface area contributed by atoms with Crippen LogP contribution in [0.15, 0.2) is 29.4 Å². The summed E-state index contributed by atoms with van der Waals surface area (Å²) < 4.78 is 13.4. The molecular weight excluding hydrogens is 335 g/mol. The van der Waals surface area contributed by atoms with E-state index in [-0.39, 0.29) is 11.9 Å². The Morgan fingerprint density at radius 2 is 2.15 bits per heavy atom. The molecule has 2 aliphatic heterocycles. The number of hydrogen-bond acceptors (Lipinski definition) is 4. The SMILES string of the molecule is CC(C)CN1CCC(C[C@H]2CC(c3cccc(F)c3)=NO2)(C(=O)O)CC1. The first-order valence-corrected chi connectivity index (χ1v) is 9.32. The number of likely N-dealkylation sites (tertiary alicyclic amines) is 1. The molecule has 2 heterocycles. The lowest BCUT2D eigenvalue weighted by Gasteiger charge is -2.40. The minimum absolute atomic E-state index is 0.263. The molecule has 0 spiro atoms. The molecule has 0 saturated carbocycles. The van der Waals surface area contributed by atoms with Crippen molar-refractivity contribution in [2.75, 3.05) is 19.6 Å². The van der Waals surface area contributed by atoms with Crippen LogP contribution in [-0.4, -0.2) is 47.4 Å². The maximum absolute atomic E-state index is 13.4. The highest BCUT2D eigenvalue weighted by molar-refractivity contribution is 6.01. The van der Waals surface area contributed by atoms with E-state index >= 15 is 0 Å². The summed E-state index contributed by atoms with van der Waals surface area (Å²) in [6, 6.07) is 6.26. The molecule has 1 saturated heterocycles. The van der Waals surface area contributed by atoms with Crippen molar-refractivity contribution in [3.63, 3.8) is 0 Å². The third-order valence-electron chi connectivity index (χ3n) is 5.40. The van der Waals surface area contributed by atoms with Crippen molar-refractivity contribution in [3.8, 4) is 0 Å². The number of halogens is 1. The van der Waals surface area contributed by atoms with Gasteiger partial charge >= 0.3 is 5.97 Å². The van der Waals surface area contributed by atoms with E-state index in [2.05, 4.69) is 23.9 Å². The first-order chi connectivity index (χ1) is 12.4. The quantitative estimate of drug-likeness (QED) is 0.841. The molecule has 0 unspecified atom stereocenters. The number of carbonyl (C=O) groups is 1. The molecule has 0 aliphatic carbocycles. The van der Waals surface area contributed by atoms with Crippen molar-refractivity contribution in [1.29, 1.82) is 0 Å². The summed E-state index contributed by atoms with van der Waals surface area (Å²) in [6.45, 7) is 6.96. The zero-order valence-electron chi connectivity index (χ0n) is 15.4. The van der Waals surface area contributed by atoms with Gasteiger partial charge in [-0.25, -0.2) is 4.39 Å². The van der Waals surface area contributed by atoms with Crippen molar-refractivity contribution >= 4 is 11.7 Å². The van der Waals surface area contributed by atoms with Crippen LogP contribution >= 0.6 is 0 Å². The largest absolute Gasteiger partial charge is 0.481 e. The van der Waals surface area contributed by atoms with Gasteiger partial charge in [0.05, 0.1) is 11.1 Å². The zero-order valence-corrected chi connectivity index (χ0v) is 15.4. The fraction of sp³-hybridized carbons (Fsp3) is 0.600. The summed E-state index contributed by atoms with van der Waals surface area (Å²) in [5.41, 5.74) is 0.626. The topological polar surface area (TPSA) is 62.1 Å². The van der Waals surface area contributed by atoms with Gasteiger partial charge in [-0.3, -0.25) is 4.79 Å². The molecule has 3 rings (SSSR count). The molecule has 1 fully saturated rings. The Bertz CT molecular complexity index is 681. The van der Waals surface area contributed by atoms with Gasteiger partial charge in [-0.15, -0.1) is 0 Å². The molecule has 1 aromatic rings. The lowest BCUT2D eigenvalue weighted by atomic mass is 9.73. The van der Waals surface area contributed by atoms with Crippen molar-refractivity contribution in [1.82, 2.24) is 4.90 Å². The number of benzene rings is 1. The van der Waals surface area contributed by atoms with Crippen molar-refractivity contribution < 1.29 is 19.1 Å². The van der Waals surface area contributed by atoms with Crippen molar-refractivity contribution in [2.45, 2.75) is 45.6 Å². The standard InChI is InChI=1S/C20H27FN2O3/c1-14(2)13-23-8-6-20(7-9-23,19(24)25)12-17-11-18(22-26-17)15-4-3-5-16(21)10-15/h3-5,10,14,17H,6-9,11-13H2,1-2H3,(H,24,25)/t17-/m1/s1. The average molecular weight is 362 g/mol. The highest BCUT2D eigenvalue weighted by Crippen LogP contribution is 2.39. The average Bonchev–Trinajstić information content (AvgIpc) is 3.04. The minimum atomic E-state index is -0.759. The normalized spacial score (nSPS) is 22.9. The van der Waals surface area contributed by atoms with Gasteiger partial charge in [-0.2, -0.15) is 0 Å². The lowest BCUT2D eigenvalue weighted by molar-refractivity contribution is -0.155. The molecule has 0 bridgehead atoms. The van der Waals surface area contributed by atoms with Crippen LogP contribution in [0.5, 0.6) is 0 Å². The van der Waals surface area contributed by atoms with Gasteiger partial charge in [-0.05, 0) is 44.0 Å². The van der Waals surface area contributed by atoms with E-state index < -0.39 is 11.4 Å². The van der Waals surface area contributed by atoms with E-state index in [9.17, 15) is 14.3 Å². The van der Waals surface area contributed by atoms with Crippen molar-refractivity contribution in [3.05, 3.63) is 35.6 Å². The third-order valence-corrected chi connectivity index (χ3v) is 5.40. The number of aliphatic carboxylic acids is 1. The molecule has 0 aromatic heterocycles. The summed E-state index contributed by atoms with van der Waals surface area (Å²) in [5.74, 6) is -0.481. The Balaban J connectivity index is 1.61. The predicted molar refractivity (Wildman–Crippen MR) is 97.6 cm³/mol. The Labute approximate surface area is 153 Å². The Kier molecular flexibility index (Phi) is 5.61. The van der Waals surface area contributed by atoms with Crippen LogP contribution in [0.4, 0.5) is 4.39 Å². The first-order valence-electron chi connectivity index (χ1n) is 9.32. The smallest absolute Gasteiger partial charge is 0.309 e. The Morgan fingerprint density at radius 1 is 1.42 bits per heavy atom. The van der Waals surface area contributed by atoms with Gasteiger partial charge in [0.1, 0.15) is 11.9 Å². The summed E-state index contributed by atoms with van der Waals surface area (Å²) in [6.07, 6.45) is 1.96. The second-order valence-corrected chi connectivity index (χ2v) is 7.96. The summed E-state index contributed by atoms with van der Waals surface area (Å²) in [4.78, 5) is 19.9. The first kappa shape index (κ1) is 18.8. The third kappa shape index (κ3) is 4.23. The molecule has 2 aliphatic rings. The van der Waals surface area contributed by atoms with Gasteiger partial charge in [0.25, 0.3) is 0 Å². The summed E-state index contributed by atoms with van der Waals surface area (Å²) in [7, 11) is 0. The van der Waals surface area contributed by atoms with E-state index in [1.807, 2.05) is 0 Å². The fourth-order valence-corrected chi connectivity index (χ4v) is 4.00. The van der Waals surface area contributed by atoms with E-state index in [1.54, 1.807) is 12.1 Å². The number of carboxylic acid groups (broad SMARTS) is 1. The molecule has 5 nitrogen and oxygen atoms in total. The molecule has 1 atom stereocenters. The fourth-order valence-electron chi connectivity index (χ4n) is 4.00. The van der Waals surface area contributed by atoms with Gasteiger partial charge in [0.2, 0.25) is 0 Å². The Morgan fingerprint density at radius 3 is 2.77 bits per heavy atom. The molecule has 26 heavy (non-hydrogen) atoms. The van der Waals surface area contributed by atoms with Crippen LogP contribution in [-0.2, 0) is 9.63 Å². The molecule has 6 heteroatoms. The number of carboxylic acids is 1. The minimum Gasteiger partial charge on any atom is -0.481 e. The van der Waals surface area contributed by atoms with Crippen LogP contribution in [0.1, 0.15) is 45.1 Å². The van der Waals surface area contributed by atoms with Crippen LogP contribution in [0, 0.1) is 17.2 Å². The van der Waals surface area contributed by atoms with Crippen LogP contribution in [0.2, 0.25) is 0 Å². The molecule has 142 valence electrons. The number of hydrogen-bond donors (Lipinski definition) is 1. The molecule has 1 aromatic carbocycles. The predicted octanol–water partition coefficient (Wildman–Crippen LogP) is 3.53. The number of oxime groups is 1. The highest BCUT2D eigenvalue weighted by Gasteiger charge is 2.44. The molecule has 0 amide bonds. The van der Waals surface area contributed by atoms with E-state index in [4.69, 9.17) is 4.84 Å². The van der Waals surface area contributed by atoms with Gasteiger partial charge in [0, 0.05) is 24.9 Å². The van der Waals surface area contributed by atoms with Crippen molar-refractivity contribution in [2.24, 2.45) is 16.5 Å². The number of rotatable bonds is 6. The lowest BCUT2D eigenvalue weighted by Crippen LogP contribution is -2.46. The second-order valence-electron chi connectivity index (χ2n) is 7.96. The van der Waals surface area contributed by atoms with Gasteiger partial charge in [-0.1, -0.05) is 31.1 Å². The number of nitrogens with zero attached hydrogens (tertiary/aromatic N) is 2. The van der Waals surface area contributed by atoms with Crippen LogP contribution in [0.25, 0.3) is 0 Å². The summed E-state index contributed by atoms with van der Waals surface area (Å²) in [5, 5.41) is 14.0.